The molecular formula is C19H40P+. The number of unbranched alkanes of at least 4 members (excludes halogenated alkanes) is 6. The van der Waals surface area contributed by atoms with E-state index in [2.05, 4.69) is 33.4 Å². The topological polar surface area (TPSA) is 0 Å². The van der Waals surface area contributed by atoms with E-state index in [4.69, 9.17) is 0 Å². The van der Waals surface area contributed by atoms with Gasteiger partial charge in [0.05, 0.1) is 24.6 Å². The summed E-state index contributed by atoms with van der Waals surface area (Å²) < 4.78 is 0. The minimum atomic E-state index is -0.620. The van der Waals surface area contributed by atoms with Crippen LogP contribution >= 0.6 is 7.26 Å². The average molecular weight is 300 g/mol. The highest BCUT2D eigenvalue weighted by molar-refractivity contribution is 7.75. The molecule has 0 radical (unpaired) electrons. The van der Waals surface area contributed by atoms with E-state index in [0.29, 0.717) is 0 Å². The first-order valence-electron chi connectivity index (χ1n) is 9.20. The number of allylic oxidation sites excluding steroid dienone is 1. The molecule has 0 atom stereocenters. The summed E-state index contributed by atoms with van der Waals surface area (Å²) in [7, 11) is -0.620. The predicted molar refractivity (Wildman–Crippen MR) is 99.8 cm³/mol. The van der Waals surface area contributed by atoms with Gasteiger partial charge in [-0.05, 0) is 44.9 Å². The summed E-state index contributed by atoms with van der Waals surface area (Å²) in [5, 5.41) is 0. The second-order valence-corrected chi connectivity index (χ2v) is 10.9. The summed E-state index contributed by atoms with van der Waals surface area (Å²) in [5.74, 6) is 0. The molecule has 0 saturated carbocycles. The van der Waals surface area contributed by atoms with Crippen LogP contribution in [0, 0.1) is 0 Å². The Kier molecular flexibility index (Phi) is 14.2. The van der Waals surface area contributed by atoms with Gasteiger partial charge in [0.1, 0.15) is 0 Å². The van der Waals surface area contributed by atoms with Crippen molar-refractivity contribution in [2.75, 3.05) is 24.6 Å². The lowest BCUT2D eigenvalue weighted by Gasteiger charge is -2.28. The van der Waals surface area contributed by atoms with Crippen LogP contribution < -0.4 is 0 Å². The fourth-order valence-corrected chi connectivity index (χ4v) is 8.26. The van der Waals surface area contributed by atoms with E-state index in [1.165, 1.54) is 64.2 Å². The van der Waals surface area contributed by atoms with Crippen LogP contribution in [0.2, 0.25) is 0 Å². The Labute approximate surface area is 130 Å². The van der Waals surface area contributed by atoms with E-state index in [1.54, 1.807) is 24.6 Å². The molecule has 0 saturated heterocycles. The van der Waals surface area contributed by atoms with E-state index >= 15 is 0 Å². The molecule has 20 heavy (non-hydrogen) atoms. The van der Waals surface area contributed by atoms with Crippen molar-refractivity contribution in [3.63, 3.8) is 0 Å². The smallest absolute Gasteiger partial charge is 0.0594 e. The van der Waals surface area contributed by atoms with Crippen molar-refractivity contribution >= 4 is 7.26 Å². The summed E-state index contributed by atoms with van der Waals surface area (Å²) in [5.41, 5.74) is 0. The van der Waals surface area contributed by atoms with Gasteiger partial charge in [-0.25, -0.2) is 0 Å². The molecule has 0 aliphatic rings. The molecule has 120 valence electrons. The number of hydrogen-bond donors (Lipinski definition) is 0. The number of hydrogen-bond acceptors (Lipinski definition) is 0. The SMILES string of the molecule is C=CCCCCC[P+](CCCC)(CCCC)CCCC. The highest BCUT2D eigenvalue weighted by Crippen LogP contribution is 2.61. The quantitative estimate of drug-likeness (QED) is 0.171. The highest BCUT2D eigenvalue weighted by atomic mass is 31.2. The Morgan fingerprint density at radius 1 is 0.650 bits per heavy atom. The van der Waals surface area contributed by atoms with Crippen LogP contribution in [0.3, 0.4) is 0 Å². The lowest BCUT2D eigenvalue weighted by molar-refractivity contribution is 0.725. The zero-order valence-corrected chi connectivity index (χ0v) is 15.5. The van der Waals surface area contributed by atoms with Crippen LogP contribution in [0.15, 0.2) is 12.7 Å². The lowest BCUT2D eigenvalue weighted by Crippen LogP contribution is -2.13. The molecule has 0 aromatic carbocycles. The third-order valence-electron chi connectivity index (χ3n) is 4.50. The number of rotatable bonds is 15. The molecule has 0 N–H and O–H groups in total. The zero-order valence-electron chi connectivity index (χ0n) is 14.6. The van der Waals surface area contributed by atoms with Gasteiger partial charge in [-0.2, -0.15) is 0 Å². The summed E-state index contributed by atoms with van der Waals surface area (Å²) in [6.07, 6.45) is 22.5. The van der Waals surface area contributed by atoms with Crippen LogP contribution in [0.25, 0.3) is 0 Å². The van der Waals surface area contributed by atoms with Gasteiger partial charge in [0, 0.05) is 7.26 Å². The van der Waals surface area contributed by atoms with E-state index in [-0.39, 0.29) is 0 Å². The summed E-state index contributed by atoms with van der Waals surface area (Å²) in [6.45, 7) is 10.9. The molecule has 0 amide bonds. The average Bonchev–Trinajstić information content (AvgIpc) is 2.48. The Bertz CT molecular complexity index is 188. The van der Waals surface area contributed by atoms with Gasteiger partial charge in [0.15, 0.2) is 0 Å². The minimum absolute atomic E-state index is 0.620. The summed E-state index contributed by atoms with van der Waals surface area (Å²) >= 11 is 0. The van der Waals surface area contributed by atoms with Crippen molar-refractivity contribution in [3.8, 4) is 0 Å². The molecule has 0 bridgehead atoms. The van der Waals surface area contributed by atoms with Crippen LogP contribution in [0.4, 0.5) is 0 Å². The van der Waals surface area contributed by atoms with Crippen LogP contribution in [0.5, 0.6) is 0 Å². The van der Waals surface area contributed by atoms with Gasteiger partial charge in [-0.3, -0.25) is 0 Å². The highest BCUT2D eigenvalue weighted by Gasteiger charge is 2.34. The molecule has 0 aliphatic heterocycles. The van der Waals surface area contributed by atoms with E-state index in [9.17, 15) is 0 Å². The summed E-state index contributed by atoms with van der Waals surface area (Å²) in [4.78, 5) is 0. The molecule has 0 nitrogen and oxygen atoms in total. The molecule has 1 heteroatoms. The second kappa shape index (κ2) is 14.1. The standard InChI is InChI=1S/C19H40P/c1-5-9-13-14-15-19-20(16-10-6-2,17-11-7-3)18-12-8-4/h5H,1,6-19H2,2-4H3/q+1. The molecule has 0 rings (SSSR count). The molecule has 0 unspecified atom stereocenters. The monoisotopic (exact) mass is 299 g/mol. The maximum absolute atomic E-state index is 3.84. The fraction of sp³-hybridized carbons (Fsp3) is 0.895. The van der Waals surface area contributed by atoms with Gasteiger partial charge >= 0.3 is 0 Å². The van der Waals surface area contributed by atoms with Gasteiger partial charge in [-0.15, -0.1) is 6.58 Å². The molecule has 0 aromatic heterocycles. The zero-order chi connectivity index (χ0) is 15.1. The lowest BCUT2D eigenvalue weighted by atomic mass is 10.2. The molecule has 0 heterocycles. The van der Waals surface area contributed by atoms with Crippen LogP contribution in [-0.4, -0.2) is 24.6 Å². The molecular weight excluding hydrogens is 259 g/mol. The van der Waals surface area contributed by atoms with E-state index in [1.807, 2.05) is 0 Å². The van der Waals surface area contributed by atoms with Crippen LogP contribution in [0.1, 0.15) is 85.0 Å². The third-order valence-corrected chi connectivity index (χ3v) is 9.56. The fourth-order valence-electron chi connectivity index (χ4n) is 3.06. The van der Waals surface area contributed by atoms with E-state index in [0.717, 1.165) is 0 Å². The molecule has 0 aromatic rings. The van der Waals surface area contributed by atoms with Crippen molar-refractivity contribution < 1.29 is 0 Å². The Morgan fingerprint density at radius 3 is 1.50 bits per heavy atom. The normalized spacial score (nSPS) is 11.8. The van der Waals surface area contributed by atoms with Crippen molar-refractivity contribution in [3.05, 3.63) is 12.7 Å². The molecule has 0 spiro atoms. The first-order valence-corrected chi connectivity index (χ1v) is 11.7. The van der Waals surface area contributed by atoms with E-state index < -0.39 is 7.26 Å². The van der Waals surface area contributed by atoms with Gasteiger partial charge in [0.2, 0.25) is 0 Å². The van der Waals surface area contributed by atoms with Crippen molar-refractivity contribution in [1.82, 2.24) is 0 Å². The Balaban J connectivity index is 4.37. The molecule has 0 fully saturated rings. The van der Waals surface area contributed by atoms with Crippen molar-refractivity contribution in [2.24, 2.45) is 0 Å². The van der Waals surface area contributed by atoms with Gasteiger partial charge in [-0.1, -0.05) is 46.1 Å². The third kappa shape index (κ3) is 9.98. The van der Waals surface area contributed by atoms with Crippen molar-refractivity contribution in [1.29, 1.82) is 0 Å². The van der Waals surface area contributed by atoms with Gasteiger partial charge < -0.3 is 0 Å². The predicted octanol–water partition coefficient (Wildman–Crippen LogP) is 7.15. The summed E-state index contributed by atoms with van der Waals surface area (Å²) in [6, 6.07) is 0. The Morgan fingerprint density at radius 2 is 1.10 bits per heavy atom. The van der Waals surface area contributed by atoms with Crippen molar-refractivity contribution in [2.45, 2.75) is 85.0 Å². The molecule has 0 aliphatic carbocycles. The van der Waals surface area contributed by atoms with Crippen LogP contribution in [-0.2, 0) is 0 Å². The first-order chi connectivity index (χ1) is 9.74. The second-order valence-electron chi connectivity index (χ2n) is 6.43. The Hall–Kier alpha value is 0.170. The minimum Gasteiger partial charge on any atom is -0.103 e. The first kappa shape index (κ1) is 20.2. The maximum Gasteiger partial charge on any atom is 0.0594 e. The maximum atomic E-state index is 3.84. The largest absolute Gasteiger partial charge is 0.103 e. The van der Waals surface area contributed by atoms with Gasteiger partial charge in [0.25, 0.3) is 0 Å².